The van der Waals surface area contributed by atoms with Crippen LogP contribution in [0.2, 0.25) is 0 Å². The smallest absolute Gasteiger partial charge is 0.0590 e. The van der Waals surface area contributed by atoms with Crippen LogP contribution in [0, 0.1) is 11.8 Å². The van der Waals surface area contributed by atoms with Gasteiger partial charge in [-0.15, -0.1) is 0 Å². The fourth-order valence-electron chi connectivity index (χ4n) is 2.65. The predicted octanol–water partition coefficient (Wildman–Crippen LogP) is 3.61. The summed E-state index contributed by atoms with van der Waals surface area (Å²) in [7, 11) is 0. The van der Waals surface area contributed by atoms with Crippen molar-refractivity contribution < 1.29 is 4.74 Å². The van der Waals surface area contributed by atoms with Crippen molar-refractivity contribution in [3.8, 4) is 0 Å². The Morgan fingerprint density at radius 3 is 2.76 bits per heavy atom. The molecular weight excluding hydrogens is 210 g/mol. The van der Waals surface area contributed by atoms with Crippen LogP contribution >= 0.6 is 0 Å². The van der Waals surface area contributed by atoms with Crippen molar-refractivity contribution in [2.75, 3.05) is 19.8 Å². The molecule has 17 heavy (non-hydrogen) atoms. The largest absolute Gasteiger partial charge is 0.380 e. The Labute approximate surface area is 108 Å². The molecule has 2 unspecified atom stereocenters. The lowest BCUT2D eigenvalue weighted by molar-refractivity contribution is 0.125. The molecule has 1 N–H and O–H groups in total. The van der Waals surface area contributed by atoms with Crippen LogP contribution in [-0.2, 0) is 4.74 Å². The SMILES string of the molecule is CC(C)CCCOCCNC1CCCC(C)C1. The van der Waals surface area contributed by atoms with Gasteiger partial charge in [0, 0.05) is 19.2 Å². The maximum absolute atomic E-state index is 5.64. The summed E-state index contributed by atoms with van der Waals surface area (Å²) < 4.78 is 5.64. The molecule has 1 rings (SSSR count). The molecule has 1 saturated carbocycles. The van der Waals surface area contributed by atoms with Crippen molar-refractivity contribution in [1.29, 1.82) is 0 Å². The topological polar surface area (TPSA) is 21.3 Å². The van der Waals surface area contributed by atoms with E-state index in [4.69, 9.17) is 4.74 Å². The first-order valence-corrected chi connectivity index (χ1v) is 7.49. The van der Waals surface area contributed by atoms with Crippen LogP contribution in [0.3, 0.4) is 0 Å². The van der Waals surface area contributed by atoms with E-state index in [9.17, 15) is 0 Å². The van der Waals surface area contributed by atoms with Gasteiger partial charge >= 0.3 is 0 Å². The molecule has 0 aliphatic heterocycles. The highest BCUT2D eigenvalue weighted by Gasteiger charge is 2.17. The van der Waals surface area contributed by atoms with Crippen molar-refractivity contribution in [3.05, 3.63) is 0 Å². The Balaban J connectivity index is 1.86. The van der Waals surface area contributed by atoms with Gasteiger partial charge in [0.05, 0.1) is 6.61 Å². The third-order valence-electron chi connectivity index (χ3n) is 3.69. The Morgan fingerprint density at radius 2 is 2.06 bits per heavy atom. The molecule has 2 heteroatoms. The molecule has 0 aromatic carbocycles. The minimum absolute atomic E-state index is 0.748. The molecule has 1 fully saturated rings. The summed E-state index contributed by atoms with van der Waals surface area (Å²) in [6.07, 6.45) is 8.02. The average molecular weight is 241 g/mol. The summed E-state index contributed by atoms with van der Waals surface area (Å²) in [5.41, 5.74) is 0. The second kappa shape index (κ2) is 8.93. The van der Waals surface area contributed by atoms with Crippen molar-refractivity contribution in [1.82, 2.24) is 5.32 Å². The van der Waals surface area contributed by atoms with Crippen molar-refractivity contribution in [2.24, 2.45) is 11.8 Å². The van der Waals surface area contributed by atoms with E-state index in [1.54, 1.807) is 0 Å². The monoisotopic (exact) mass is 241 g/mol. The Kier molecular flexibility index (Phi) is 7.87. The Morgan fingerprint density at radius 1 is 1.24 bits per heavy atom. The van der Waals surface area contributed by atoms with Gasteiger partial charge in [0.15, 0.2) is 0 Å². The first kappa shape index (κ1) is 15.0. The van der Waals surface area contributed by atoms with E-state index in [-0.39, 0.29) is 0 Å². The van der Waals surface area contributed by atoms with Crippen LogP contribution < -0.4 is 5.32 Å². The van der Waals surface area contributed by atoms with Crippen molar-refractivity contribution in [2.45, 2.75) is 65.3 Å². The fourth-order valence-corrected chi connectivity index (χ4v) is 2.65. The number of nitrogens with one attached hydrogen (secondary N) is 1. The van der Waals surface area contributed by atoms with Crippen LogP contribution in [0.25, 0.3) is 0 Å². The van der Waals surface area contributed by atoms with Crippen LogP contribution in [0.4, 0.5) is 0 Å². The molecule has 0 spiro atoms. The second-order valence-corrected chi connectivity index (χ2v) is 6.07. The van der Waals surface area contributed by atoms with E-state index in [1.807, 2.05) is 0 Å². The van der Waals surface area contributed by atoms with Crippen LogP contribution in [0.15, 0.2) is 0 Å². The molecule has 1 aliphatic carbocycles. The zero-order chi connectivity index (χ0) is 12.5. The molecule has 1 aliphatic rings. The van der Waals surface area contributed by atoms with E-state index in [2.05, 4.69) is 26.1 Å². The molecule has 0 saturated heterocycles. The fraction of sp³-hybridized carbons (Fsp3) is 1.00. The molecule has 2 nitrogen and oxygen atoms in total. The van der Waals surface area contributed by atoms with Gasteiger partial charge in [-0.1, -0.05) is 33.6 Å². The molecule has 102 valence electrons. The van der Waals surface area contributed by atoms with E-state index >= 15 is 0 Å². The second-order valence-electron chi connectivity index (χ2n) is 6.07. The quantitative estimate of drug-likeness (QED) is 0.656. The molecule has 0 amide bonds. The summed E-state index contributed by atoms with van der Waals surface area (Å²) in [6.45, 7) is 9.75. The number of hydrogen-bond donors (Lipinski definition) is 1. The minimum Gasteiger partial charge on any atom is -0.380 e. The van der Waals surface area contributed by atoms with Gasteiger partial charge in [0.2, 0.25) is 0 Å². The van der Waals surface area contributed by atoms with Gasteiger partial charge in [0.25, 0.3) is 0 Å². The standard InChI is InChI=1S/C15H31NO/c1-13(2)6-5-10-17-11-9-16-15-8-4-7-14(3)12-15/h13-16H,4-12H2,1-3H3. The van der Waals surface area contributed by atoms with Crippen LogP contribution in [0.5, 0.6) is 0 Å². The van der Waals surface area contributed by atoms with E-state index in [1.165, 1.54) is 38.5 Å². The van der Waals surface area contributed by atoms with Gasteiger partial charge < -0.3 is 10.1 Å². The van der Waals surface area contributed by atoms with Crippen LogP contribution in [-0.4, -0.2) is 25.8 Å². The molecule has 0 radical (unpaired) electrons. The summed E-state index contributed by atoms with van der Waals surface area (Å²) >= 11 is 0. The summed E-state index contributed by atoms with van der Waals surface area (Å²) in [4.78, 5) is 0. The highest BCUT2D eigenvalue weighted by atomic mass is 16.5. The zero-order valence-corrected chi connectivity index (χ0v) is 12.0. The summed E-state index contributed by atoms with van der Waals surface area (Å²) in [5.74, 6) is 1.72. The Hall–Kier alpha value is -0.0800. The molecular formula is C15H31NO. The number of hydrogen-bond acceptors (Lipinski definition) is 2. The lowest BCUT2D eigenvalue weighted by Crippen LogP contribution is -2.35. The average Bonchev–Trinajstić information content (AvgIpc) is 2.27. The van der Waals surface area contributed by atoms with E-state index in [0.29, 0.717) is 0 Å². The molecule has 0 aromatic heterocycles. The van der Waals surface area contributed by atoms with Gasteiger partial charge in [0.1, 0.15) is 0 Å². The molecule has 0 bridgehead atoms. The van der Waals surface area contributed by atoms with Crippen LogP contribution in [0.1, 0.15) is 59.3 Å². The Bertz CT molecular complexity index is 182. The minimum atomic E-state index is 0.748. The normalized spacial score (nSPS) is 25.4. The first-order valence-electron chi connectivity index (χ1n) is 7.49. The van der Waals surface area contributed by atoms with E-state index < -0.39 is 0 Å². The first-order chi connectivity index (χ1) is 8.18. The van der Waals surface area contributed by atoms with Crippen molar-refractivity contribution in [3.63, 3.8) is 0 Å². The maximum atomic E-state index is 5.64. The number of rotatable bonds is 8. The summed E-state index contributed by atoms with van der Waals surface area (Å²) in [5, 5.41) is 3.63. The van der Waals surface area contributed by atoms with Gasteiger partial charge in [-0.2, -0.15) is 0 Å². The zero-order valence-electron chi connectivity index (χ0n) is 12.0. The highest BCUT2D eigenvalue weighted by Crippen LogP contribution is 2.23. The van der Waals surface area contributed by atoms with E-state index in [0.717, 1.165) is 37.6 Å². The summed E-state index contributed by atoms with van der Waals surface area (Å²) in [6, 6.07) is 0.748. The van der Waals surface area contributed by atoms with Crippen molar-refractivity contribution >= 4 is 0 Å². The molecule has 0 heterocycles. The third kappa shape index (κ3) is 7.77. The highest BCUT2D eigenvalue weighted by molar-refractivity contribution is 4.75. The molecule has 2 atom stereocenters. The number of ether oxygens (including phenoxy) is 1. The molecule has 0 aromatic rings. The third-order valence-corrected chi connectivity index (χ3v) is 3.69. The lowest BCUT2D eigenvalue weighted by Gasteiger charge is -2.27. The van der Waals surface area contributed by atoms with Gasteiger partial charge in [-0.05, 0) is 37.5 Å². The van der Waals surface area contributed by atoms with Gasteiger partial charge in [-0.3, -0.25) is 0 Å². The van der Waals surface area contributed by atoms with Gasteiger partial charge in [-0.25, -0.2) is 0 Å². The lowest BCUT2D eigenvalue weighted by atomic mass is 9.87. The predicted molar refractivity (Wildman–Crippen MR) is 74.3 cm³/mol. The maximum Gasteiger partial charge on any atom is 0.0590 e.